The van der Waals surface area contributed by atoms with Gasteiger partial charge in [-0.25, -0.2) is 4.39 Å². The van der Waals surface area contributed by atoms with Crippen molar-refractivity contribution in [3.63, 3.8) is 0 Å². The summed E-state index contributed by atoms with van der Waals surface area (Å²) in [5, 5.41) is 7.51. The van der Waals surface area contributed by atoms with E-state index in [1.165, 1.54) is 36.7 Å². The first-order chi connectivity index (χ1) is 16.9. The molecule has 1 atom stereocenters. The van der Waals surface area contributed by atoms with Crippen LogP contribution < -0.4 is 4.74 Å². The monoisotopic (exact) mass is 478 g/mol. The summed E-state index contributed by atoms with van der Waals surface area (Å²) < 4.78 is 25.4. The van der Waals surface area contributed by atoms with Crippen molar-refractivity contribution in [2.75, 3.05) is 33.4 Å². The third kappa shape index (κ3) is 6.39. The molecule has 0 radical (unpaired) electrons. The molecule has 2 heterocycles. The molecule has 1 aromatic heterocycles. The summed E-state index contributed by atoms with van der Waals surface area (Å²) in [6.07, 6.45) is 2.88. The standard InChI is InChI=1S/C26H27FN4O4/c1-30(17-20-5-3-2-4-6-20)24(32)15-26(19-34-23-9-7-22(27)8-10-23)18-31(13-14-35-26)25(33)21-11-12-28-29-16-21/h2-12,16H,13-15,17-19H2,1H3/t26-/m1/s1. The highest BCUT2D eigenvalue weighted by molar-refractivity contribution is 5.94. The van der Waals surface area contributed by atoms with Gasteiger partial charge in [0.05, 0.1) is 37.5 Å². The minimum atomic E-state index is -1.08. The normalized spacial score (nSPS) is 17.6. The van der Waals surface area contributed by atoms with Gasteiger partial charge in [-0.3, -0.25) is 9.59 Å². The molecule has 2 amide bonds. The van der Waals surface area contributed by atoms with E-state index in [0.29, 0.717) is 24.4 Å². The maximum Gasteiger partial charge on any atom is 0.255 e. The van der Waals surface area contributed by atoms with E-state index in [-0.39, 0.29) is 43.8 Å². The summed E-state index contributed by atoms with van der Waals surface area (Å²) >= 11 is 0. The average Bonchev–Trinajstić information content (AvgIpc) is 2.89. The number of ether oxygens (including phenoxy) is 2. The lowest BCUT2D eigenvalue weighted by molar-refractivity contribution is -0.152. The van der Waals surface area contributed by atoms with Crippen LogP contribution in [0.5, 0.6) is 5.75 Å². The molecule has 1 saturated heterocycles. The van der Waals surface area contributed by atoms with Crippen molar-refractivity contribution in [3.8, 4) is 5.75 Å². The predicted octanol–water partition coefficient (Wildman–Crippen LogP) is 2.95. The summed E-state index contributed by atoms with van der Waals surface area (Å²) in [5.41, 5.74) is 0.333. The topological polar surface area (TPSA) is 84.9 Å². The quantitative estimate of drug-likeness (QED) is 0.495. The summed E-state index contributed by atoms with van der Waals surface area (Å²) in [7, 11) is 1.73. The smallest absolute Gasteiger partial charge is 0.255 e. The zero-order valence-electron chi connectivity index (χ0n) is 19.5. The molecular weight excluding hydrogens is 451 g/mol. The van der Waals surface area contributed by atoms with Gasteiger partial charge in [-0.1, -0.05) is 30.3 Å². The molecule has 9 heteroatoms. The van der Waals surface area contributed by atoms with E-state index in [0.717, 1.165) is 5.56 Å². The lowest BCUT2D eigenvalue weighted by Gasteiger charge is -2.42. The van der Waals surface area contributed by atoms with Gasteiger partial charge < -0.3 is 19.3 Å². The molecule has 2 aromatic carbocycles. The van der Waals surface area contributed by atoms with Gasteiger partial charge in [0.2, 0.25) is 5.91 Å². The fourth-order valence-corrected chi connectivity index (χ4v) is 3.96. The van der Waals surface area contributed by atoms with Crippen LogP contribution in [-0.4, -0.2) is 70.8 Å². The molecular formula is C26H27FN4O4. The Morgan fingerprint density at radius 2 is 1.89 bits per heavy atom. The molecule has 0 spiro atoms. The molecule has 8 nitrogen and oxygen atoms in total. The largest absolute Gasteiger partial charge is 0.490 e. The molecule has 0 N–H and O–H groups in total. The van der Waals surface area contributed by atoms with Crippen molar-refractivity contribution in [1.82, 2.24) is 20.0 Å². The van der Waals surface area contributed by atoms with E-state index < -0.39 is 5.60 Å². The molecule has 182 valence electrons. The molecule has 0 unspecified atom stereocenters. The van der Waals surface area contributed by atoms with E-state index in [4.69, 9.17) is 9.47 Å². The number of aromatic nitrogens is 2. The molecule has 0 saturated carbocycles. The van der Waals surface area contributed by atoms with Crippen molar-refractivity contribution in [1.29, 1.82) is 0 Å². The van der Waals surface area contributed by atoms with Crippen LogP contribution >= 0.6 is 0 Å². The highest BCUT2D eigenvalue weighted by Crippen LogP contribution is 2.26. The highest BCUT2D eigenvalue weighted by Gasteiger charge is 2.42. The predicted molar refractivity (Wildman–Crippen MR) is 126 cm³/mol. The van der Waals surface area contributed by atoms with E-state index in [9.17, 15) is 14.0 Å². The number of halogens is 1. The number of benzene rings is 2. The van der Waals surface area contributed by atoms with Gasteiger partial charge in [0.15, 0.2) is 0 Å². The Morgan fingerprint density at radius 3 is 2.60 bits per heavy atom. The van der Waals surface area contributed by atoms with Crippen LogP contribution in [0.1, 0.15) is 22.3 Å². The van der Waals surface area contributed by atoms with Crippen LogP contribution in [-0.2, 0) is 16.1 Å². The maximum absolute atomic E-state index is 13.3. The van der Waals surface area contributed by atoms with Gasteiger partial charge >= 0.3 is 0 Å². The number of amides is 2. The fraction of sp³-hybridized carbons (Fsp3) is 0.308. The highest BCUT2D eigenvalue weighted by atomic mass is 19.1. The Kier molecular flexibility index (Phi) is 7.67. The zero-order chi connectivity index (χ0) is 24.7. The lowest BCUT2D eigenvalue weighted by Crippen LogP contribution is -2.58. The van der Waals surface area contributed by atoms with Gasteiger partial charge in [-0.2, -0.15) is 10.2 Å². The molecule has 0 bridgehead atoms. The second-order valence-corrected chi connectivity index (χ2v) is 8.54. The molecule has 1 aliphatic rings. The summed E-state index contributed by atoms with van der Waals surface area (Å²) in [6.45, 7) is 1.22. The third-order valence-electron chi connectivity index (χ3n) is 5.84. The van der Waals surface area contributed by atoms with Gasteiger partial charge in [-0.15, -0.1) is 0 Å². The number of morpholine rings is 1. The van der Waals surface area contributed by atoms with Gasteiger partial charge in [-0.05, 0) is 35.9 Å². The van der Waals surface area contributed by atoms with Crippen molar-refractivity contribution < 1.29 is 23.5 Å². The van der Waals surface area contributed by atoms with E-state index in [1.807, 2.05) is 30.3 Å². The molecule has 1 aliphatic heterocycles. The molecule has 1 fully saturated rings. The SMILES string of the molecule is CN(Cc1ccccc1)C(=O)C[C@]1(COc2ccc(F)cc2)CN(C(=O)c2ccnnc2)CCO1. The van der Waals surface area contributed by atoms with E-state index in [2.05, 4.69) is 10.2 Å². The van der Waals surface area contributed by atoms with Gasteiger partial charge in [0.1, 0.15) is 23.8 Å². The van der Waals surface area contributed by atoms with Crippen molar-refractivity contribution in [3.05, 3.63) is 90.0 Å². The second-order valence-electron chi connectivity index (χ2n) is 8.54. The Morgan fingerprint density at radius 1 is 1.11 bits per heavy atom. The minimum Gasteiger partial charge on any atom is -0.490 e. The summed E-state index contributed by atoms with van der Waals surface area (Å²) in [4.78, 5) is 29.6. The molecule has 4 rings (SSSR count). The fourth-order valence-electron chi connectivity index (χ4n) is 3.96. The van der Waals surface area contributed by atoms with Crippen LogP contribution in [0.4, 0.5) is 4.39 Å². The number of hydrogen-bond donors (Lipinski definition) is 0. The van der Waals surface area contributed by atoms with Crippen LogP contribution in [0.3, 0.4) is 0 Å². The van der Waals surface area contributed by atoms with Gasteiger partial charge in [0, 0.05) is 20.1 Å². The molecule has 3 aromatic rings. The number of nitrogens with zero attached hydrogens (tertiary/aromatic N) is 4. The summed E-state index contributed by atoms with van der Waals surface area (Å²) in [6, 6.07) is 16.9. The van der Waals surface area contributed by atoms with E-state index in [1.54, 1.807) is 22.9 Å². The first-order valence-corrected chi connectivity index (χ1v) is 11.3. The number of hydrogen-bond acceptors (Lipinski definition) is 6. The Bertz CT molecular complexity index is 1130. The van der Waals surface area contributed by atoms with Crippen LogP contribution in [0.25, 0.3) is 0 Å². The van der Waals surface area contributed by atoms with Gasteiger partial charge in [0.25, 0.3) is 5.91 Å². The molecule has 35 heavy (non-hydrogen) atoms. The van der Waals surface area contributed by atoms with Crippen molar-refractivity contribution >= 4 is 11.8 Å². The zero-order valence-corrected chi connectivity index (χ0v) is 19.5. The Hall–Kier alpha value is -3.85. The lowest BCUT2D eigenvalue weighted by atomic mass is 9.96. The first-order valence-electron chi connectivity index (χ1n) is 11.3. The third-order valence-corrected chi connectivity index (χ3v) is 5.84. The van der Waals surface area contributed by atoms with E-state index >= 15 is 0 Å². The number of carbonyl (C=O) groups excluding carboxylic acids is 2. The Balaban J connectivity index is 1.51. The number of carbonyl (C=O) groups is 2. The van der Waals surface area contributed by atoms with Crippen molar-refractivity contribution in [2.45, 2.75) is 18.6 Å². The van der Waals surface area contributed by atoms with Crippen LogP contribution in [0.15, 0.2) is 73.1 Å². The first kappa shape index (κ1) is 24.3. The average molecular weight is 479 g/mol. The number of rotatable bonds is 8. The van der Waals surface area contributed by atoms with Crippen LogP contribution in [0, 0.1) is 5.82 Å². The maximum atomic E-state index is 13.3. The second kappa shape index (κ2) is 11.1. The minimum absolute atomic E-state index is 0.00982. The van der Waals surface area contributed by atoms with Crippen molar-refractivity contribution in [2.24, 2.45) is 0 Å². The summed E-state index contributed by atoms with van der Waals surface area (Å²) in [5.74, 6) is -0.293. The van der Waals surface area contributed by atoms with Crippen LogP contribution in [0.2, 0.25) is 0 Å². The molecule has 0 aliphatic carbocycles. The Labute approximate surface area is 203 Å².